The number of nitrogens with zero attached hydrogens (tertiary/aromatic N) is 1. The predicted molar refractivity (Wildman–Crippen MR) is 64.6 cm³/mol. The monoisotopic (exact) mass is 277 g/mol. The first kappa shape index (κ1) is 17.3. The number of primary amides is 1. The number of rotatable bonds is 11. The van der Waals surface area contributed by atoms with E-state index in [2.05, 4.69) is 5.32 Å². The summed E-state index contributed by atoms with van der Waals surface area (Å²) in [5.74, 6) is -1.02. The van der Waals surface area contributed by atoms with Gasteiger partial charge in [0, 0.05) is 19.6 Å². The first-order chi connectivity index (χ1) is 8.99. The average Bonchev–Trinajstić information content (AvgIpc) is 2.33. The third kappa shape index (κ3) is 9.94. The maximum absolute atomic E-state index is 10.6. The van der Waals surface area contributed by atoms with Crippen LogP contribution in [-0.4, -0.2) is 78.9 Å². The van der Waals surface area contributed by atoms with E-state index < -0.39 is 24.7 Å². The number of nitrogens with two attached hydrogens (primary N) is 1. The molecular weight excluding hydrogens is 258 g/mol. The molecule has 0 aliphatic carbocycles. The standard InChI is InChI=1S/C10H19N3O6/c11-10(18)12-1-2-13(5-9(16)17)3-4-19-8(6-14)7-15/h6,8,15H,1-5,7H2,(H,16,17)(H3,11,12,18). The van der Waals surface area contributed by atoms with Crippen LogP contribution in [0.3, 0.4) is 0 Å². The lowest BCUT2D eigenvalue weighted by Gasteiger charge is -2.20. The van der Waals surface area contributed by atoms with E-state index in [1.165, 1.54) is 4.90 Å². The maximum atomic E-state index is 10.6. The van der Waals surface area contributed by atoms with Gasteiger partial charge in [-0.2, -0.15) is 0 Å². The third-order valence-corrected chi connectivity index (χ3v) is 2.16. The summed E-state index contributed by atoms with van der Waals surface area (Å²) < 4.78 is 5.02. The van der Waals surface area contributed by atoms with Gasteiger partial charge in [0.25, 0.3) is 0 Å². The average molecular weight is 277 g/mol. The Bertz CT molecular complexity index is 299. The van der Waals surface area contributed by atoms with Crippen molar-refractivity contribution in [3.63, 3.8) is 0 Å². The van der Waals surface area contributed by atoms with E-state index >= 15 is 0 Å². The van der Waals surface area contributed by atoms with Crippen LogP contribution in [0.4, 0.5) is 4.79 Å². The molecule has 9 heteroatoms. The number of nitrogens with one attached hydrogen (secondary N) is 1. The first-order valence-electron chi connectivity index (χ1n) is 5.64. The fourth-order valence-electron chi connectivity index (χ4n) is 1.27. The van der Waals surface area contributed by atoms with Crippen LogP contribution in [-0.2, 0) is 14.3 Å². The Kier molecular flexibility index (Phi) is 9.31. The van der Waals surface area contributed by atoms with Crippen LogP contribution in [0.2, 0.25) is 0 Å². The number of aliphatic hydroxyl groups excluding tert-OH is 1. The molecule has 0 aliphatic rings. The molecule has 0 heterocycles. The number of carbonyl (C=O) groups is 3. The lowest BCUT2D eigenvalue weighted by atomic mass is 10.4. The molecule has 5 N–H and O–H groups in total. The van der Waals surface area contributed by atoms with E-state index in [9.17, 15) is 14.4 Å². The maximum Gasteiger partial charge on any atom is 0.317 e. The van der Waals surface area contributed by atoms with Crippen LogP contribution in [0, 0.1) is 0 Å². The van der Waals surface area contributed by atoms with E-state index in [1.807, 2.05) is 0 Å². The van der Waals surface area contributed by atoms with E-state index in [0.717, 1.165) is 0 Å². The van der Waals surface area contributed by atoms with Crippen LogP contribution in [0.5, 0.6) is 0 Å². The molecule has 19 heavy (non-hydrogen) atoms. The topological polar surface area (TPSA) is 142 Å². The number of aliphatic hydroxyl groups is 1. The van der Waals surface area contributed by atoms with Crippen LogP contribution in [0.15, 0.2) is 0 Å². The van der Waals surface area contributed by atoms with Crippen molar-refractivity contribution in [2.45, 2.75) is 6.10 Å². The van der Waals surface area contributed by atoms with Gasteiger partial charge < -0.3 is 30.8 Å². The van der Waals surface area contributed by atoms with Crippen LogP contribution in [0.25, 0.3) is 0 Å². The zero-order valence-electron chi connectivity index (χ0n) is 10.4. The van der Waals surface area contributed by atoms with Gasteiger partial charge in [0.15, 0.2) is 6.29 Å². The molecule has 9 nitrogen and oxygen atoms in total. The molecule has 0 saturated heterocycles. The fourth-order valence-corrected chi connectivity index (χ4v) is 1.27. The van der Waals surface area contributed by atoms with Gasteiger partial charge in [-0.3, -0.25) is 9.69 Å². The number of amides is 2. The van der Waals surface area contributed by atoms with E-state index in [1.54, 1.807) is 0 Å². The van der Waals surface area contributed by atoms with Gasteiger partial charge in [-0.25, -0.2) is 4.79 Å². The molecule has 0 rings (SSSR count). The largest absolute Gasteiger partial charge is 0.480 e. The smallest absolute Gasteiger partial charge is 0.317 e. The second kappa shape index (κ2) is 10.2. The Labute approximate surface area is 110 Å². The fraction of sp³-hybridized carbons (Fsp3) is 0.700. The van der Waals surface area contributed by atoms with Gasteiger partial charge in [0.05, 0.1) is 19.8 Å². The molecule has 110 valence electrons. The molecule has 0 aliphatic heterocycles. The summed E-state index contributed by atoms with van der Waals surface area (Å²) in [5, 5.41) is 19.8. The highest BCUT2D eigenvalue weighted by Gasteiger charge is 2.11. The number of ether oxygens (including phenoxy) is 1. The minimum absolute atomic E-state index is 0.0911. The summed E-state index contributed by atoms with van der Waals surface area (Å²) in [5.41, 5.74) is 4.88. The van der Waals surface area contributed by atoms with Gasteiger partial charge in [-0.15, -0.1) is 0 Å². The number of hydrogen-bond donors (Lipinski definition) is 4. The van der Waals surface area contributed by atoms with Crippen LogP contribution < -0.4 is 11.1 Å². The zero-order chi connectivity index (χ0) is 14.7. The summed E-state index contributed by atoms with van der Waals surface area (Å²) in [6.07, 6.45) is -0.439. The second-order valence-corrected chi connectivity index (χ2v) is 3.69. The lowest BCUT2D eigenvalue weighted by molar-refractivity contribution is -0.138. The van der Waals surface area contributed by atoms with Gasteiger partial charge >= 0.3 is 12.0 Å². The number of hydrogen-bond acceptors (Lipinski definition) is 6. The quantitative estimate of drug-likeness (QED) is 0.309. The van der Waals surface area contributed by atoms with E-state index in [0.29, 0.717) is 6.29 Å². The van der Waals surface area contributed by atoms with E-state index in [-0.39, 0.29) is 32.8 Å². The molecular formula is C10H19N3O6. The Morgan fingerprint density at radius 1 is 1.42 bits per heavy atom. The normalized spacial score (nSPS) is 12.1. The summed E-state index contributed by atoms with van der Waals surface area (Å²) in [7, 11) is 0. The van der Waals surface area contributed by atoms with Crippen molar-refractivity contribution in [2.75, 3.05) is 39.4 Å². The second-order valence-electron chi connectivity index (χ2n) is 3.69. The van der Waals surface area contributed by atoms with Crippen molar-refractivity contribution in [3.8, 4) is 0 Å². The lowest BCUT2D eigenvalue weighted by Crippen LogP contribution is -2.41. The number of carboxylic acid groups (broad SMARTS) is 1. The molecule has 0 aromatic heterocycles. The number of carbonyl (C=O) groups excluding carboxylic acids is 2. The Morgan fingerprint density at radius 3 is 2.58 bits per heavy atom. The molecule has 1 unspecified atom stereocenters. The highest BCUT2D eigenvalue weighted by Crippen LogP contribution is 1.92. The third-order valence-electron chi connectivity index (χ3n) is 2.16. The molecule has 0 bridgehead atoms. The molecule has 1 atom stereocenters. The summed E-state index contributed by atoms with van der Waals surface area (Å²) in [6, 6.07) is -0.687. The Morgan fingerprint density at radius 2 is 2.11 bits per heavy atom. The van der Waals surface area contributed by atoms with Crippen molar-refractivity contribution >= 4 is 18.3 Å². The molecule has 0 radical (unpaired) electrons. The van der Waals surface area contributed by atoms with Crippen molar-refractivity contribution in [1.82, 2.24) is 10.2 Å². The molecule has 0 aromatic carbocycles. The zero-order valence-corrected chi connectivity index (χ0v) is 10.4. The summed E-state index contributed by atoms with van der Waals surface area (Å²) in [4.78, 5) is 33.0. The molecule has 0 spiro atoms. The highest BCUT2D eigenvalue weighted by molar-refractivity contribution is 5.71. The van der Waals surface area contributed by atoms with E-state index in [4.69, 9.17) is 20.7 Å². The first-order valence-corrected chi connectivity index (χ1v) is 5.64. The van der Waals surface area contributed by atoms with Crippen LogP contribution in [0.1, 0.15) is 0 Å². The Balaban J connectivity index is 4.01. The number of aliphatic carboxylic acids is 1. The minimum atomic E-state index is -1.02. The Hall–Kier alpha value is -1.71. The highest BCUT2D eigenvalue weighted by atomic mass is 16.5. The number of urea groups is 1. The van der Waals surface area contributed by atoms with Crippen molar-refractivity contribution in [2.24, 2.45) is 5.73 Å². The SMILES string of the molecule is NC(=O)NCCN(CCOC(C=O)CO)CC(=O)O. The predicted octanol–water partition coefficient (Wildman–Crippen LogP) is -2.38. The van der Waals surface area contributed by atoms with Crippen molar-refractivity contribution in [3.05, 3.63) is 0 Å². The molecule has 0 fully saturated rings. The van der Waals surface area contributed by atoms with Crippen molar-refractivity contribution in [1.29, 1.82) is 0 Å². The van der Waals surface area contributed by atoms with Crippen LogP contribution >= 0.6 is 0 Å². The molecule has 0 saturated carbocycles. The number of carboxylic acids is 1. The van der Waals surface area contributed by atoms with Gasteiger partial charge in [0.2, 0.25) is 0 Å². The summed E-state index contributed by atoms with van der Waals surface area (Å²) >= 11 is 0. The van der Waals surface area contributed by atoms with Gasteiger partial charge in [0.1, 0.15) is 6.10 Å². The summed E-state index contributed by atoms with van der Waals surface area (Å²) in [6.45, 7) is 0.175. The molecule has 2 amide bonds. The number of aldehydes is 1. The molecule has 0 aromatic rings. The van der Waals surface area contributed by atoms with Gasteiger partial charge in [-0.05, 0) is 0 Å². The minimum Gasteiger partial charge on any atom is -0.480 e. The van der Waals surface area contributed by atoms with Crippen molar-refractivity contribution < 1.29 is 29.3 Å². The van der Waals surface area contributed by atoms with Gasteiger partial charge in [-0.1, -0.05) is 0 Å².